The molecule has 15 heavy (non-hydrogen) atoms. The Morgan fingerprint density at radius 3 is 2.93 bits per heavy atom. The molecule has 2 aromatic rings. The Bertz CT molecular complexity index is 535. The number of rotatable bonds is 2. The van der Waals surface area contributed by atoms with Gasteiger partial charge in [0.25, 0.3) is 5.56 Å². The Balaban J connectivity index is 2.28. The van der Waals surface area contributed by atoms with Crippen LogP contribution in [-0.2, 0) is 6.54 Å². The fourth-order valence-corrected chi connectivity index (χ4v) is 2.14. The van der Waals surface area contributed by atoms with Gasteiger partial charge in [0, 0.05) is 9.64 Å². The lowest BCUT2D eigenvalue weighted by atomic mass is 10.5. The first-order valence-corrected chi connectivity index (χ1v) is 6.06. The highest BCUT2D eigenvalue weighted by molar-refractivity contribution is 14.1. The third-order valence-corrected chi connectivity index (χ3v) is 3.10. The zero-order valence-corrected chi connectivity index (χ0v) is 10.8. The fourth-order valence-electron chi connectivity index (χ4n) is 1.06. The predicted molar refractivity (Wildman–Crippen MR) is 65.0 cm³/mol. The number of aryl methyl sites for hydroxylation is 1. The molecular formula is C8H7IN4OS. The van der Waals surface area contributed by atoms with E-state index in [1.807, 2.05) is 6.92 Å². The van der Waals surface area contributed by atoms with Crippen LogP contribution in [0.2, 0.25) is 0 Å². The van der Waals surface area contributed by atoms with Gasteiger partial charge in [-0.05, 0) is 29.5 Å². The first-order chi connectivity index (χ1) is 7.15. The normalized spacial score (nSPS) is 10.5. The van der Waals surface area contributed by atoms with Crippen molar-refractivity contribution in [1.82, 2.24) is 20.0 Å². The van der Waals surface area contributed by atoms with E-state index in [1.54, 1.807) is 12.3 Å². The predicted octanol–water partition coefficient (Wildman–Crippen LogP) is 1.06. The number of halogens is 1. The minimum atomic E-state index is -0.116. The molecular weight excluding hydrogens is 327 g/mol. The monoisotopic (exact) mass is 334 g/mol. The van der Waals surface area contributed by atoms with Gasteiger partial charge in [-0.3, -0.25) is 4.79 Å². The molecule has 0 unspecified atom stereocenters. The third-order valence-electron chi connectivity index (χ3n) is 1.69. The first-order valence-electron chi connectivity index (χ1n) is 4.17. The molecule has 0 fully saturated rings. The van der Waals surface area contributed by atoms with E-state index in [0.717, 1.165) is 13.6 Å². The molecule has 0 aliphatic rings. The average molecular weight is 334 g/mol. The van der Waals surface area contributed by atoms with E-state index in [4.69, 9.17) is 0 Å². The van der Waals surface area contributed by atoms with Crippen molar-refractivity contribution in [1.29, 1.82) is 0 Å². The quantitative estimate of drug-likeness (QED) is 0.771. The summed E-state index contributed by atoms with van der Waals surface area (Å²) in [5, 5.41) is 13.5. The van der Waals surface area contributed by atoms with Crippen LogP contribution in [0.25, 0.3) is 0 Å². The molecule has 2 aromatic heterocycles. The number of nitrogens with zero attached hydrogens (tertiary/aromatic N) is 4. The van der Waals surface area contributed by atoms with Gasteiger partial charge in [0.2, 0.25) is 0 Å². The van der Waals surface area contributed by atoms with Crippen LogP contribution in [0, 0.1) is 10.5 Å². The molecule has 0 aromatic carbocycles. The van der Waals surface area contributed by atoms with Crippen molar-refractivity contribution >= 4 is 33.9 Å². The lowest BCUT2D eigenvalue weighted by Crippen LogP contribution is -2.22. The summed E-state index contributed by atoms with van der Waals surface area (Å²) in [7, 11) is 0. The van der Waals surface area contributed by atoms with Crippen molar-refractivity contribution in [2.24, 2.45) is 0 Å². The van der Waals surface area contributed by atoms with E-state index in [0.29, 0.717) is 6.54 Å². The van der Waals surface area contributed by atoms with Crippen molar-refractivity contribution in [3.05, 3.63) is 36.2 Å². The Morgan fingerprint density at radius 2 is 2.33 bits per heavy atom. The van der Waals surface area contributed by atoms with E-state index in [1.165, 1.54) is 16.0 Å². The van der Waals surface area contributed by atoms with Gasteiger partial charge in [-0.15, -0.1) is 10.2 Å². The standard InChI is InChI=1S/C8H7IN4OS/c1-5-11-12-7(15-5)4-13-8(14)2-6(9)3-10-13/h2-3H,4H2,1H3. The van der Waals surface area contributed by atoms with Gasteiger partial charge in [-0.2, -0.15) is 5.10 Å². The summed E-state index contributed by atoms with van der Waals surface area (Å²) in [4.78, 5) is 11.5. The highest BCUT2D eigenvalue weighted by Gasteiger charge is 2.04. The second kappa shape index (κ2) is 4.35. The van der Waals surface area contributed by atoms with Crippen molar-refractivity contribution < 1.29 is 0 Å². The van der Waals surface area contributed by atoms with E-state index in [2.05, 4.69) is 37.9 Å². The highest BCUT2D eigenvalue weighted by Crippen LogP contribution is 2.08. The van der Waals surface area contributed by atoms with E-state index < -0.39 is 0 Å². The maximum absolute atomic E-state index is 11.5. The molecule has 78 valence electrons. The average Bonchev–Trinajstić information content (AvgIpc) is 2.56. The molecule has 0 aliphatic carbocycles. The zero-order chi connectivity index (χ0) is 10.8. The van der Waals surface area contributed by atoms with Crippen LogP contribution >= 0.6 is 33.9 Å². The smallest absolute Gasteiger partial charge is 0.268 e. The van der Waals surface area contributed by atoms with Gasteiger partial charge >= 0.3 is 0 Å². The molecule has 0 spiro atoms. The number of hydrogen-bond acceptors (Lipinski definition) is 5. The van der Waals surface area contributed by atoms with Gasteiger partial charge in [0.15, 0.2) is 0 Å². The Hall–Kier alpha value is -0.830. The zero-order valence-electron chi connectivity index (χ0n) is 7.85. The molecule has 5 nitrogen and oxygen atoms in total. The van der Waals surface area contributed by atoms with Crippen LogP contribution in [0.15, 0.2) is 17.1 Å². The van der Waals surface area contributed by atoms with Gasteiger partial charge in [0.1, 0.15) is 10.0 Å². The molecule has 2 heterocycles. The fraction of sp³-hybridized carbons (Fsp3) is 0.250. The van der Waals surface area contributed by atoms with Crippen molar-refractivity contribution in [2.45, 2.75) is 13.5 Å². The van der Waals surface area contributed by atoms with E-state index in [-0.39, 0.29) is 5.56 Å². The Kier molecular flexibility index (Phi) is 3.10. The van der Waals surface area contributed by atoms with Crippen LogP contribution in [0.1, 0.15) is 10.0 Å². The summed E-state index contributed by atoms with van der Waals surface area (Å²) >= 11 is 3.53. The molecule has 0 radical (unpaired) electrons. The van der Waals surface area contributed by atoms with Gasteiger partial charge in [0.05, 0.1) is 12.7 Å². The maximum Gasteiger partial charge on any atom is 0.268 e. The SMILES string of the molecule is Cc1nnc(Cn2ncc(I)cc2=O)s1. The topological polar surface area (TPSA) is 60.7 Å². The van der Waals surface area contributed by atoms with Crippen molar-refractivity contribution in [2.75, 3.05) is 0 Å². The van der Waals surface area contributed by atoms with Gasteiger partial charge in [-0.25, -0.2) is 4.68 Å². The second-order valence-electron chi connectivity index (χ2n) is 2.88. The van der Waals surface area contributed by atoms with Crippen LogP contribution in [-0.4, -0.2) is 20.0 Å². The van der Waals surface area contributed by atoms with Crippen molar-refractivity contribution in [3.8, 4) is 0 Å². The molecule has 0 N–H and O–H groups in total. The number of hydrogen-bond donors (Lipinski definition) is 0. The largest absolute Gasteiger partial charge is 0.268 e. The lowest BCUT2D eigenvalue weighted by Gasteiger charge is -1.99. The molecule has 0 atom stereocenters. The summed E-state index contributed by atoms with van der Waals surface area (Å²) < 4.78 is 2.21. The van der Waals surface area contributed by atoms with Crippen LogP contribution in [0.5, 0.6) is 0 Å². The summed E-state index contributed by atoms with van der Waals surface area (Å²) in [6, 6.07) is 1.54. The van der Waals surface area contributed by atoms with Crippen molar-refractivity contribution in [3.63, 3.8) is 0 Å². The molecule has 2 rings (SSSR count). The van der Waals surface area contributed by atoms with E-state index in [9.17, 15) is 4.79 Å². The summed E-state index contributed by atoms with van der Waals surface area (Å²) in [6.45, 7) is 2.27. The lowest BCUT2D eigenvalue weighted by molar-refractivity contribution is 0.630. The third kappa shape index (κ3) is 2.59. The summed E-state index contributed by atoms with van der Waals surface area (Å²) in [5.74, 6) is 0. The minimum Gasteiger partial charge on any atom is -0.268 e. The molecule has 0 saturated carbocycles. The van der Waals surface area contributed by atoms with E-state index >= 15 is 0 Å². The summed E-state index contributed by atoms with van der Waals surface area (Å²) in [5.41, 5.74) is -0.116. The highest BCUT2D eigenvalue weighted by atomic mass is 127. The molecule has 0 saturated heterocycles. The maximum atomic E-state index is 11.5. The van der Waals surface area contributed by atoms with Crippen LogP contribution in [0.4, 0.5) is 0 Å². The van der Waals surface area contributed by atoms with Gasteiger partial charge < -0.3 is 0 Å². The van der Waals surface area contributed by atoms with Crippen LogP contribution < -0.4 is 5.56 Å². The first kappa shape index (κ1) is 10.7. The Labute approximate surface area is 103 Å². The Morgan fingerprint density at radius 1 is 1.53 bits per heavy atom. The minimum absolute atomic E-state index is 0.116. The van der Waals surface area contributed by atoms with Gasteiger partial charge in [-0.1, -0.05) is 11.3 Å². The molecule has 0 amide bonds. The summed E-state index contributed by atoms with van der Waals surface area (Å²) in [6.07, 6.45) is 1.65. The molecule has 7 heteroatoms. The molecule has 0 aliphatic heterocycles. The second-order valence-corrected chi connectivity index (χ2v) is 5.40. The van der Waals surface area contributed by atoms with Crippen LogP contribution in [0.3, 0.4) is 0 Å². The number of aromatic nitrogens is 4. The molecule has 0 bridgehead atoms.